The number of rotatable bonds is 2. The van der Waals surface area contributed by atoms with E-state index in [0.29, 0.717) is 33.1 Å². The van der Waals surface area contributed by atoms with Crippen LogP contribution < -0.4 is 0 Å². The van der Waals surface area contributed by atoms with Crippen LogP contribution in [-0.4, -0.2) is 49.4 Å². The lowest BCUT2D eigenvalue weighted by Crippen LogP contribution is -2.23. The number of fused-ring (bicyclic) bond motifs is 3. The standard InChI is InChI=1S/C18H15ClN6O/c1-24(2)18(26)15-14-12-5-4-11(19)6-13(12)25(3)17(14)23-16(22-15)10-7-20-9-21-8-10/h4-9H,1-3H3. The Morgan fingerprint density at radius 2 is 1.88 bits per heavy atom. The maximum absolute atomic E-state index is 12.8. The molecule has 0 saturated heterocycles. The highest BCUT2D eigenvalue weighted by atomic mass is 35.5. The summed E-state index contributed by atoms with van der Waals surface area (Å²) in [5, 5.41) is 2.21. The van der Waals surface area contributed by atoms with Crippen LogP contribution in [0.3, 0.4) is 0 Å². The molecule has 130 valence electrons. The fraction of sp³-hybridized carbons (Fsp3) is 0.167. The van der Waals surface area contributed by atoms with Gasteiger partial charge in [-0.05, 0) is 12.1 Å². The van der Waals surface area contributed by atoms with Gasteiger partial charge in [-0.2, -0.15) is 0 Å². The van der Waals surface area contributed by atoms with Gasteiger partial charge in [-0.1, -0.05) is 17.7 Å². The number of benzene rings is 1. The molecule has 0 atom stereocenters. The first-order valence-corrected chi connectivity index (χ1v) is 8.28. The van der Waals surface area contributed by atoms with Crippen molar-refractivity contribution in [1.82, 2.24) is 29.4 Å². The number of halogens is 1. The topological polar surface area (TPSA) is 76.8 Å². The van der Waals surface area contributed by atoms with Crippen LogP contribution in [0.15, 0.2) is 36.9 Å². The van der Waals surface area contributed by atoms with Crippen molar-refractivity contribution in [1.29, 1.82) is 0 Å². The van der Waals surface area contributed by atoms with Crippen LogP contribution in [0.25, 0.3) is 33.3 Å². The highest BCUT2D eigenvalue weighted by Gasteiger charge is 2.22. The fourth-order valence-electron chi connectivity index (χ4n) is 2.96. The van der Waals surface area contributed by atoms with E-state index in [4.69, 9.17) is 11.6 Å². The summed E-state index contributed by atoms with van der Waals surface area (Å²) < 4.78 is 1.91. The second-order valence-corrected chi connectivity index (χ2v) is 6.58. The zero-order chi connectivity index (χ0) is 18.4. The van der Waals surface area contributed by atoms with Crippen molar-refractivity contribution >= 4 is 39.4 Å². The van der Waals surface area contributed by atoms with E-state index in [0.717, 1.165) is 10.9 Å². The molecule has 0 saturated carbocycles. The number of amides is 1. The molecule has 0 N–H and O–H groups in total. The average Bonchev–Trinajstić information content (AvgIpc) is 2.93. The number of hydrogen-bond donors (Lipinski definition) is 0. The van der Waals surface area contributed by atoms with Gasteiger partial charge in [0.25, 0.3) is 5.91 Å². The summed E-state index contributed by atoms with van der Waals surface area (Å²) >= 11 is 6.16. The van der Waals surface area contributed by atoms with Crippen LogP contribution in [0.1, 0.15) is 10.5 Å². The minimum atomic E-state index is -0.196. The van der Waals surface area contributed by atoms with E-state index in [-0.39, 0.29) is 5.91 Å². The molecule has 0 aliphatic carbocycles. The molecule has 0 unspecified atom stereocenters. The van der Waals surface area contributed by atoms with Crippen molar-refractivity contribution in [2.24, 2.45) is 7.05 Å². The van der Waals surface area contributed by atoms with E-state index in [2.05, 4.69) is 19.9 Å². The van der Waals surface area contributed by atoms with Crippen molar-refractivity contribution in [2.45, 2.75) is 0 Å². The summed E-state index contributed by atoms with van der Waals surface area (Å²) in [5.41, 5.74) is 2.52. The van der Waals surface area contributed by atoms with Gasteiger partial charge in [-0.3, -0.25) is 4.79 Å². The predicted octanol–water partition coefficient (Wildman–Crippen LogP) is 2.93. The first kappa shape index (κ1) is 16.4. The van der Waals surface area contributed by atoms with Crippen LogP contribution in [0.5, 0.6) is 0 Å². The molecule has 1 aromatic carbocycles. The minimum Gasteiger partial charge on any atom is -0.343 e. The van der Waals surface area contributed by atoms with E-state index < -0.39 is 0 Å². The largest absolute Gasteiger partial charge is 0.343 e. The van der Waals surface area contributed by atoms with Crippen molar-refractivity contribution in [2.75, 3.05) is 14.1 Å². The predicted molar refractivity (Wildman–Crippen MR) is 100 cm³/mol. The highest BCUT2D eigenvalue weighted by molar-refractivity contribution is 6.31. The quantitative estimate of drug-likeness (QED) is 0.545. The van der Waals surface area contributed by atoms with Gasteiger partial charge in [0, 0.05) is 43.9 Å². The summed E-state index contributed by atoms with van der Waals surface area (Å²) in [7, 11) is 5.29. The van der Waals surface area contributed by atoms with E-state index >= 15 is 0 Å². The molecule has 0 aliphatic heterocycles. The molecular formula is C18H15ClN6O. The molecule has 0 radical (unpaired) electrons. The highest BCUT2D eigenvalue weighted by Crippen LogP contribution is 2.32. The Kier molecular flexibility index (Phi) is 3.81. The van der Waals surface area contributed by atoms with Crippen LogP contribution in [0.4, 0.5) is 0 Å². The molecule has 1 amide bonds. The van der Waals surface area contributed by atoms with Gasteiger partial charge < -0.3 is 9.47 Å². The summed E-state index contributed by atoms with van der Waals surface area (Å²) in [4.78, 5) is 31.6. The minimum absolute atomic E-state index is 0.196. The molecule has 0 fully saturated rings. The number of hydrogen-bond acceptors (Lipinski definition) is 5. The van der Waals surface area contributed by atoms with Gasteiger partial charge in [0.15, 0.2) is 5.82 Å². The molecule has 8 heteroatoms. The van der Waals surface area contributed by atoms with Crippen LogP contribution >= 0.6 is 11.6 Å². The third-order valence-corrected chi connectivity index (χ3v) is 4.46. The third-order valence-electron chi connectivity index (χ3n) is 4.23. The molecule has 3 aromatic heterocycles. The van der Waals surface area contributed by atoms with Gasteiger partial charge in [0.05, 0.1) is 16.5 Å². The molecule has 0 spiro atoms. The Hall–Kier alpha value is -3.06. The van der Waals surface area contributed by atoms with Crippen LogP contribution in [-0.2, 0) is 7.05 Å². The van der Waals surface area contributed by atoms with E-state index in [1.807, 2.05) is 23.7 Å². The van der Waals surface area contributed by atoms with Crippen LogP contribution in [0.2, 0.25) is 5.02 Å². The fourth-order valence-corrected chi connectivity index (χ4v) is 3.12. The molecule has 7 nitrogen and oxygen atoms in total. The second kappa shape index (κ2) is 6.03. The maximum atomic E-state index is 12.8. The zero-order valence-electron chi connectivity index (χ0n) is 14.4. The van der Waals surface area contributed by atoms with Crippen molar-refractivity contribution < 1.29 is 4.79 Å². The molecular weight excluding hydrogens is 352 g/mol. The Morgan fingerprint density at radius 1 is 1.15 bits per heavy atom. The van der Waals surface area contributed by atoms with Crippen LogP contribution in [0, 0.1) is 0 Å². The van der Waals surface area contributed by atoms with Gasteiger partial charge in [0.1, 0.15) is 17.7 Å². The number of carbonyl (C=O) groups excluding carboxylic acids is 1. The average molecular weight is 367 g/mol. The van der Waals surface area contributed by atoms with E-state index in [9.17, 15) is 4.79 Å². The first-order valence-electron chi connectivity index (χ1n) is 7.90. The third kappa shape index (κ3) is 2.48. The maximum Gasteiger partial charge on any atom is 0.272 e. The van der Waals surface area contributed by atoms with Gasteiger partial charge in [-0.15, -0.1) is 0 Å². The summed E-state index contributed by atoms with van der Waals surface area (Å²) in [6.07, 6.45) is 4.68. The summed E-state index contributed by atoms with van der Waals surface area (Å²) in [6, 6.07) is 5.54. The SMILES string of the molecule is CN(C)C(=O)c1nc(-c2cncnc2)nc2c1c1ccc(Cl)cc1n2C. The summed E-state index contributed by atoms with van der Waals surface area (Å²) in [5.74, 6) is 0.207. The molecule has 3 heterocycles. The Labute approximate surface area is 154 Å². The molecule has 4 rings (SSSR count). The normalized spacial score (nSPS) is 11.2. The Morgan fingerprint density at radius 3 is 2.58 bits per heavy atom. The van der Waals surface area contributed by atoms with Crippen molar-refractivity contribution in [3.8, 4) is 11.4 Å². The lowest BCUT2D eigenvalue weighted by atomic mass is 10.1. The monoisotopic (exact) mass is 366 g/mol. The Balaban J connectivity index is 2.14. The van der Waals surface area contributed by atoms with Gasteiger partial charge in [0.2, 0.25) is 0 Å². The lowest BCUT2D eigenvalue weighted by Gasteiger charge is -2.12. The number of aromatic nitrogens is 5. The van der Waals surface area contributed by atoms with E-state index in [1.54, 1.807) is 32.6 Å². The Bertz CT molecular complexity index is 1150. The molecule has 26 heavy (non-hydrogen) atoms. The van der Waals surface area contributed by atoms with Crippen molar-refractivity contribution in [3.63, 3.8) is 0 Å². The number of aryl methyl sites for hydroxylation is 1. The second-order valence-electron chi connectivity index (χ2n) is 6.14. The molecule has 0 bridgehead atoms. The van der Waals surface area contributed by atoms with Gasteiger partial charge in [-0.25, -0.2) is 19.9 Å². The van der Waals surface area contributed by atoms with Gasteiger partial charge >= 0.3 is 0 Å². The number of carbonyl (C=O) groups is 1. The summed E-state index contributed by atoms with van der Waals surface area (Å²) in [6.45, 7) is 0. The van der Waals surface area contributed by atoms with E-state index in [1.165, 1.54) is 11.2 Å². The lowest BCUT2D eigenvalue weighted by molar-refractivity contribution is 0.0824. The first-order chi connectivity index (χ1) is 12.5. The smallest absolute Gasteiger partial charge is 0.272 e. The number of nitrogens with zero attached hydrogens (tertiary/aromatic N) is 6. The van der Waals surface area contributed by atoms with Crippen molar-refractivity contribution in [3.05, 3.63) is 47.6 Å². The zero-order valence-corrected chi connectivity index (χ0v) is 15.2. The molecule has 4 aromatic rings. The molecule has 0 aliphatic rings.